The Morgan fingerprint density at radius 3 is 2.52 bits per heavy atom. The number of hydrogen-bond donors (Lipinski definition) is 2. The molecule has 2 rings (SSSR count). The third kappa shape index (κ3) is 3.83. The Kier molecular flexibility index (Phi) is 4.94. The monoisotopic (exact) mass is 321 g/mol. The molecular formula is C16H17F2N3O2. The minimum Gasteiger partial charge on any atom is -0.343 e. The van der Waals surface area contributed by atoms with Crippen LogP contribution in [0.25, 0.3) is 0 Å². The van der Waals surface area contributed by atoms with Gasteiger partial charge < -0.3 is 10.6 Å². The normalized spacial score (nSPS) is 23.1. The summed E-state index contributed by atoms with van der Waals surface area (Å²) >= 11 is 0. The maximum absolute atomic E-state index is 13.1. The lowest BCUT2D eigenvalue weighted by atomic mass is 9.90. The predicted molar refractivity (Wildman–Crippen MR) is 78.2 cm³/mol. The average molecular weight is 321 g/mol. The standard InChI is InChI=1S/C16H17F2N3O2/c1-10-3-2-4-16(10,9-19)21-14(22)8-20-15(23)11-5-12(17)7-13(18)6-11/h5-7,10H,2-4,8H2,1H3,(H,20,23)(H,21,22)/t10-,16+/m1/s1. The highest BCUT2D eigenvalue weighted by molar-refractivity contribution is 5.96. The topological polar surface area (TPSA) is 82.0 Å². The zero-order chi connectivity index (χ0) is 17.0. The molecule has 1 aliphatic carbocycles. The summed E-state index contributed by atoms with van der Waals surface area (Å²) < 4.78 is 26.1. The second kappa shape index (κ2) is 6.73. The van der Waals surface area contributed by atoms with Gasteiger partial charge in [0.25, 0.3) is 5.91 Å². The first-order chi connectivity index (χ1) is 10.9. The van der Waals surface area contributed by atoms with Crippen LogP contribution in [0.15, 0.2) is 18.2 Å². The Hall–Kier alpha value is -2.49. The third-order valence-corrected chi connectivity index (χ3v) is 4.15. The molecule has 2 N–H and O–H groups in total. The quantitative estimate of drug-likeness (QED) is 0.888. The number of nitrogens with zero attached hydrogens (tertiary/aromatic N) is 1. The van der Waals surface area contributed by atoms with Gasteiger partial charge in [0.05, 0.1) is 12.6 Å². The summed E-state index contributed by atoms with van der Waals surface area (Å²) in [6.45, 7) is 1.53. The highest BCUT2D eigenvalue weighted by Gasteiger charge is 2.41. The molecule has 1 fully saturated rings. The molecular weight excluding hydrogens is 304 g/mol. The molecule has 7 heteroatoms. The van der Waals surface area contributed by atoms with E-state index >= 15 is 0 Å². The van der Waals surface area contributed by atoms with Gasteiger partial charge in [-0.2, -0.15) is 5.26 Å². The molecule has 1 aromatic carbocycles. The van der Waals surface area contributed by atoms with Gasteiger partial charge in [0, 0.05) is 11.6 Å². The van der Waals surface area contributed by atoms with Crippen LogP contribution in [0.5, 0.6) is 0 Å². The van der Waals surface area contributed by atoms with E-state index < -0.39 is 29.0 Å². The van der Waals surface area contributed by atoms with Gasteiger partial charge >= 0.3 is 0 Å². The van der Waals surface area contributed by atoms with Crippen molar-refractivity contribution in [1.82, 2.24) is 10.6 Å². The van der Waals surface area contributed by atoms with Crippen LogP contribution in [-0.2, 0) is 4.79 Å². The Morgan fingerprint density at radius 1 is 1.35 bits per heavy atom. The number of amides is 2. The molecule has 0 heterocycles. The zero-order valence-corrected chi connectivity index (χ0v) is 12.7. The van der Waals surface area contributed by atoms with Crippen LogP contribution >= 0.6 is 0 Å². The van der Waals surface area contributed by atoms with Gasteiger partial charge in [0.15, 0.2) is 0 Å². The minimum absolute atomic E-state index is 0.0319. The summed E-state index contributed by atoms with van der Waals surface area (Å²) in [6, 6.07) is 4.57. The Labute approximate surface area is 132 Å². The fourth-order valence-corrected chi connectivity index (χ4v) is 2.80. The molecule has 0 bridgehead atoms. The fourth-order valence-electron chi connectivity index (χ4n) is 2.80. The van der Waals surface area contributed by atoms with E-state index in [1.807, 2.05) is 6.92 Å². The van der Waals surface area contributed by atoms with Crippen LogP contribution in [0.3, 0.4) is 0 Å². The van der Waals surface area contributed by atoms with Crippen LogP contribution in [0, 0.1) is 28.9 Å². The summed E-state index contributed by atoms with van der Waals surface area (Å²) in [5, 5.41) is 14.3. The number of nitrogens with one attached hydrogen (secondary N) is 2. The summed E-state index contributed by atoms with van der Waals surface area (Å²) in [7, 11) is 0. The molecule has 5 nitrogen and oxygen atoms in total. The van der Waals surface area contributed by atoms with Crippen molar-refractivity contribution in [3.05, 3.63) is 35.4 Å². The molecule has 0 spiro atoms. The van der Waals surface area contributed by atoms with Crippen molar-refractivity contribution in [2.24, 2.45) is 5.92 Å². The molecule has 2 amide bonds. The van der Waals surface area contributed by atoms with Gasteiger partial charge in [-0.3, -0.25) is 9.59 Å². The number of carbonyl (C=O) groups is 2. The number of carbonyl (C=O) groups excluding carboxylic acids is 2. The Morgan fingerprint density at radius 2 is 2.00 bits per heavy atom. The van der Waals surface area contributed by atoms with E-state index in [-0.39, 0.29) is 18.0 Å². The van der Waals surface area contributed by atoms with E-state index in [0.29, 0.717) is 12.5 Å². The first-order valence-corrected chi connectivity index (χ1v) is 7.33. The van der Waals surface area contributed by atoms with E-state index in [2.05, 4.69) is 16.7 Å². The summed E-state index contributed by atoms with van der Waals surface area (Å²) in [5.41, 5.74) is -1.12. The lowest BCUT2D eigenvalue weighted by molar-refractivity contribution is -0.121. The Balaban J connectivity index is 1.94. The molecule has 0 unspecified atom stereocenters. The summed E-state index contributed by atoms with van der Waals surface area (Å²) in [6.07, 6.45) is 2.27. The molecule has 0 radical (unpaired) electrons. The van der Waals surface area contributed by atoms with Crippen molar-refractivity contribution in [2.45, 2.75) is 31.7 Å². The molecule has 122 valence electrons. The molecule has 23 heavy (non-hydrogen) atoms. The van der Waals surface area contributed by atoms with Gasteiger partial charge in [-0.05, 0) is 37.3 Å². The molecule has 2 atom stereocenters. The van der Waals surface area contributed by atoms with Crippen LogP contribution in [0.1, 0.15) is 36.5 Å². The highest BCUT2D eigenvalue weighted by atomic mass is 19.1. The number of benzene rings is 1. The lowest BCUT2D eigenvalue weighted by Crippen LogP contribution is -2.52. The van der Waals surface area contributed by atoms with Crippen molar-refractivity contribution in [3.8, 4) is 6.07 Å². The predicted octanol–water partition coefficient (Wildman–Crippen LogP) is 1.89. The molecule has 0 aromatic heterocycles. The number of hydrogen-bond acceptors (Lipinski definition) is 3. The molecule has 0 aliphatic heterocycles. The second-order valence-corrected chi connectivity index (χ2v) is 5.77. The van der Waals surface area contributed by atoms with Crippen molar-refractivity contribution in [3.63, 3.8) is 0 Å². The van der Waals surface area contributed by atoms with Gasteiger partial charge in [0.1, 0.15) is 17.2 Å². The van der Waals surface area contributed by atoms with Gasteiger partial charge in [-0.15, -0.1) is 0 Å². The Bertz CT molecular complexity index is 652. The van der Waals surface area contributed by atoms with Gasteiger partial charge in [0.2, 0.25) is 5.91 Å². The van der Waals surface area contributed by atoms with Crippen molar-refractivity contribution >= 4 is 11.8 Å². The van der Waals surface area contributed by atoms with Crippen molar-refractivity contribution in [2.75, 3.05) is 6.54 Å². The molecule has 1 saturated carbocycles. The second-order valence-electron chi connectivity index (χ2n) is 5.77. The maximum atomic E-state index is 13.1. The highest BCUT2D eigenvalue weighted by Crippen LogP contribution is 2.34. The molecule has 0 saturated heterocycles. The minimum atomic E-state index is -0.910. The number of rotatable bonds is 4. The first-order valence-electron chi connectivity index (χ1n) is 7.33. The van der Waals surface area contributed by atoms with Crippen LogP contribution in [0.2, 0.25) is 0 Å². The van der Waals surface area contributed by atoms with Crippen LogP contribution < -0.4 is 10.6 Å². The van der Waals surface area contributed by atoms with E-state index in [1.165, 1.54) is 0 Å². The average Bonchev–Trinajstić information content (AvgIpc) is 2.85. The van der Waals surface area contributed by atoms with E-state index in [1.54, 1.807) is 0 Å². The first kappa shape index (κ1) is 16.9. The van der Waals surface area contributed by atoms with E-state index in [9.17, 15) is 23.6 Å². The maximum Gasteiger partial charge on any atom is 0.251 e. The zero-order valence-electron chi connectivity index (χ0n) is 12.7. The molecule has 1 aliphatic rings. The van der Waals surface area contributed by atoms with Gasteiger partial charge in [-0.25, -0.2) is 8.78 Å². The number of halogens is 2. The third-order valence-electron chi connectivity index (χ3n) is 4.15. The van der Waals surface area contributed by atoms with Gasteiger partial charge in [-0.1, -0.05) is 6.92 Å². The largest absolute Gasteiger partial charge is 0.343 e. The van der Waals surface area contributed by atoms with E-state index in [0.717, 1.165) is 25.0 Å². The SMILES string of the molecule is C[C@@H]1CCC[C@@]1(C#N)NC(=O)CNC(=O)c1cc(F)cc(F)c1. The fraction of sp³-hybridized carbons (Fsp3) is 0.438. The van der Waals surface area contributed by atoms with Crippen LogP contribution in [0.4, 0.5) is 8.78 Å². The number of nitriles is 1. The van der Waals surface area contributed by atoms with Crippen molar-refractivity contribution < 1.29 is 18.4 Å². The summed E-state index contributed by atoms with van der Waals surface area (Å²) in [5.74, 6) is -2.98. The lowest BCUT2D eigenvalue weighted by Gasteiger charge is -2.27. The van der Waals surface area contributed by atoms with Crippen molar-refractivity contribution in [1.29, 1.82) is 5.26 Å². The smallest absolute Gasteiger partial charge is 0.251 e. The molecule has 1 aromatic rings. The van der Waals surface area contributed by atoms with Crippen LogP contribution in [-0.4, -0.2) is 23.9 Å². The van der Waals surface area contributed by atoms with E-state index in [4.69, 9.17) is 0 Å². The summed E-state index contributed by atoms with van der Waals surface area (Å²) in [4.78, 5) is 23.8.